The van der Waals surface area contributed by atoms with Gasteiger partial charge in [0, 0.05) is 10.7 Å². The standard InChI is InChI=1S/C11H12BrNO/c1-3-14-9-6-13-11-7(2)4-5-8(12)10(9)11/h4-6,13H,3H2,1-2H3. The van der Waals surface area contributed by atoms with Crippen molar-refractivity contribution < 1.29 is 4.74 Å². The zero-order chi connectivity index (χ0) is 10.1. The molecular formula is C11H12BrNO. The van der Waals surface area contributed by atoms with Crippen molar-refractivity contribution in [3.8, 4) is 5.75 Å². The van der Waals surface area contributed by atoms with Crippen LogP contribution in [0.2, 0.25) is 0 Å². The van der Waals surface area contributed by atoms with Crippen molar-refractivity contribution in [3.05, 3.63) is 28.4 Å². The SMILES string of the molecule is CCOc1c[nH]c2c(C)ccc(Br)c12. The van der Waals surface area contributed by atoms with E-state index in [4.69, 9.17) is 4.74 Å². The number of rotatable bonds is 2. The Morgan fingerprint density at radius 2 is 2.21 bits per heavy atom. The molecule has 0 fully saturated rings. The monoisotopic (exact) mass is 253 g/mol. The molecule has 14 heavy (non-hydrogen) atoms. The summed E-state index contributed by atoms with van der Waals surface area (Å²) in [6.07, 6.45) is 1.91. The van der Waals surface area contributed by atoms with Crippen LogP contribution in [-0.4, -0.2) is 11.6 Å². The summed E-state index contributed by atoms with van der Waals surface area (Å²) in [5, 5.41) is 1.13. The minimum absolute atomic E-state index is 0.688. The van der Waals surface area contributed by atoms with Crippen molar-refractivity contribution in [1.82, 2.24) is 4.98 Å². The minimum atomic E-state index is 0.688. The van der Waals surface area contributed by atoms with Crippen molar-refractivity contribution in [2.24, 2.45) is 0 Å². The molecular weight excluding hydrogens is 242 g/mol. The topological polar surface area (TPSA) is 25.0 Å². The van der Waals surface area contributed by atoms with Crippen LogP contribution in [0.5, 0.6) is 5.75 Å². The summed E-state index contributed by atoms with van der Waals surface area (Å²) in [6.45, 7) is 4.76. The third-order valence-electron chi connectivity index (χ3n) is 2.26. The van der Waals surface area contributed by atoms with Crippen LogP contribution >= 0.6 is 15.9 Å². The molecule has 0 aliphatic heterocycles. The number of hydrogen-bond donors (Lipinski definition) is 1. The Kier molecular flexibility index (Phi) is 2.50. The molecule has 3 heteroatoms. The van der Waals surface area contributed by atoms with E-state index in [0.717, 1.165) is 21.1 Å². The van der Waals surface area contributed by atoms with Gasteiger partial charge in [0.25, 0.3) is 0 Å². The Morgan fingerprint density at radius 1 is 1.43 bits per heavy atom. The molecule has 2 nitrogen and oxygen atoms in total. The molecule has 0 aliphatic carbocycles. The molecule has 1 heterocycles. The van der Waals surface area contributed by atoms with E-state index in [1.165, 1.54) is 5.56 Å². The Balaban J connectivity index is 2.70. The summed E-state index contributed by atoms with van der Waals surface area (Å²) < 4.78 is 6.61. The number of hydrogen-bond acceptors (Lipinski definition) is 1. The molecule has 0 spiro atoms. The number of nitrogens with one attached hydrogen (secondary N) is 1. The second-order valence-corrected chi connectivity index (χ2v) is 4.05. The number of aryl methyl sites for hydroxylation is 1. The molecule has 74 valence electrons. The zero-order valence-corrected chi connectivity index (χ0v) is 9.81. The van der Waals surface area contributed by atoms with E-state index in [2.05, 4.69) is 33.9 Å². The lowest BCUT2D eigenvalue weighted by molar-refractivity contribution is 0.344. The maximum atomic E-state index is 5.53. The highest BCUT2D eigenvalue weighted by Crippen LogP contribution is 2.33. The van der Waals surface area contributed by atoms with Crippen molar-refractivity contribution in [3.63, 3.8) is 0 Å². The van der Waals surface area contributed by atoms with Crippen molar-refractivity contribution in [2.45, 2.75) is 13.8 Å². The maximum Gasteiger partial charge on any atom is 0.145 e. The number of ether oxygens (including phenoxy) is 1. The van der Waals surface area contributed by atoms with Gasteiger partial charge in [-0.2, -0.15) is 0 Å². The van der Waals surface area contributed by atoms with E-state index in [1.807, 2.05) is 19.2 Å². The molecule has 1 aromatic carbocycles. The highest BCUT2D eigenvalue weighted by Gasteiger charge is 2.09. The molecule has 1 N–H and O–H groups in total. The van der Waals surface area contributed by atoms with Gasteiger partial charge < -0.3 is 9.72 Å². The Labute approximate surface area is 91.4 Å². The average Bonchev–Trinajstić information content (AvgIpc) is 2.58. The molecule has 0 saturated heterocycles. The van der Waals surface area contributed by atoms with Crippen molar-refractivity contribution in [2.75, 3.05) is 6.61 Å². The zero-order valence-electron chi connectivity index (χ0n) is 8.23. The van der Waals surface area contributed by atoms with Gasteiger partial charge in [-0.15, -0.1) is 0 Å². The van der Waals surface area contributed by atoms with Crippen LogP contribution in [0.4, 0.5) is 0 Å². The normalized spacial score (nSPS) is 10.8. The van der Waals surface area contributed by atoms with E-state index in [9.17, 15) is 0 Å². The van der Waals surface area contributed by atoms with Gasteiger partial charge >= 0.3 is 0 Å². The summed E-state index contributed by atoms with van der Waals surface area (Å²) >= 11 is 3.53. The molecule has 0 amide bonds. The first-order valence-corrected chi connectivity index (χ1v) is 5.42. The van der Waals surface area contributed by atoms with E-state index >= 15 is 0 Å². The van der Waals surface area contributed by atoms with Crippen LogP contribution in [-0.2, 0) is 0 Å². The van der Waals surface area contributed by atoms with Gasteiger partial charge in [-0.05, 0) is 41.4 Å². The first kappa shape index (κ1) is 9.59. The molecule has 0 atom stereocenters. The lowest BCUT2D eigenvalue weighted by Crippen LogP contribution is -1.89. The number of H-pyrrole nitrogens is 1. The van der Waals surface area contributed by atoms with E-state index < -0.39 is 0 Å². The summed E-state index contributed by atoms with van der Waals surface area (Å²) in [7, 11) is 0. The lowest BCUT2D eigenvalue weighted by Gasteiger charge is -2.02. The number of fused-ring (bicyclic) bond motifs is 1. The number of aromatic amines is 1. The second kappa shape index (κ2) is 3.65. The van der Waals surface area contributed by atoms with Crippen molar-refractivity contribution >= 4 is 26.8 Å². The van der Waals surface area contributed by atoms with E-state index in [-0.39, 0.29) is 0 Å². The maximum absolute atomic E-state index is 5.53. The fourth-order valence-electron chi connectivity index (χ4n) is 1.59. The minimum Gasteiger partial charge on any atom is -0.492 e. The third kappa shape index (κ3) is 1.42. The predicted octanol–water partition coefficient (Wildman–Crippen LogP) is 3.64. The highest BCUT2D eigenvalue weighted by atomic mass is 79.9. The molecule has 0 aliphatic rings. The van der Waals surface area contributed by atoms with Crippen LogP contribution in [0.3, 0.4) is 0 Å². The molecule has 0 unspecified atom stereocenters. The van der Waals surface area contributed by atoms with Gasteiger partial charge in [-0.3, -0.25) is 0 Å². The fourth-order valence-corrected chi connectivity index (χ4v) is 2.11. The third-order valence-corrected chi connectivity index (χ3v) is 2.92. The average molecular weight is 254 g/mol. The molecule has 0 radical (unpaired) electrons. The Bertz CT molecular complexity index is 462. The first-order chi connectivity index (χ1) is 6.74. The lowest BCUT2D eigenvalue weighted by atomic mass is 10.1. The molecule has 2 aromatic rings. The quantitative estimate of drug-likeness (QED) is 0.869. The van der Waals surface area contributed by atoms with Gasteiger partial charge in [0.2, 0.25) is 0 Å². The van der Waals surface area contributed by atoms with E-state index in [1.54, 1.807) is 0 Å². The first-order valence-electron chi connectivity index (χ1n) is 4.63. The van der Waals surface area contributed by atoms with Crippen molar-refractivity contribution in [1.29, 1.82) is 0 Å². The summed E-state index contributed by atoms with van der Waals surface area (Å²) in [6, 6.07) is 4.13. The molecule has 0 saturated carbocycles. The smallest absolute Gasteiger partial charge is 0.145 e. The van der Waals surface area contributed by atoms with E-state index in [0.29, 0.717) is 6.61 Å². The summed E-state index contributed by atoms with van der Waals surface area (Å²) in [5.41, 5.74) is 2.37. The fraction of sp³-hybridized carbons (Fsp3) is 0.273. The molecule has 0 bridgehead atoms. The van der Waals surface area contributed by atoms with Crippen LogP contribution in [0.1, 0.15) is 12.5 Å². The number of aromatic nitrogens is 1. The Hall–Kier alpha value is -0.960. The van der Waals surface area contributed by atoms with Crippen LogP contribution in [0.15, 0.2) is 22.8 Å². The number of benzene rings is 1. The molecule has 2 rings (SSSR count). The predicted molar refractivity (Wildman–Crippen MR) is 61.9 cm³/mol. The Morgan fingerprint density at radius 3 is 2.93 bits per heavy atom. The van der Waals surface area contributed by atoms with Gasteiger partial charge in [0.05, 0.1) is 17.5 Å². The van der Waals surface area contributed by atoms with Crippen LogP contribution in [0.25, 0.3) is 10.9 Å². The van der Waals surface area contributed by atoms with Gasteiger partial charge in [0.15, 0.2) is 0 Å². The van der Waals surface area contributed by atoms with Gasteiger partial charge in [-0.1, -0.05) is 6.07 Å². The van der Waals surface area contributed by atoms with Crippen LogP contribution < -0.4 is 4.74 Å². The largest absolute Gasteiger partial charge is 0.492 e. The highest BCUT2D eigenvalue weighted by molar-refractivity contribution is 9.10. The number of halogens is 1. The molecule has 1 aromatic heterocycles. The van der Waals surface area contributed by atoms with Gasteiger partial charge in [0.1, 0.15) is 5.75 Å². The van der Waals surface area contributed by atoms with Crippen LogP contribution in [0, 0.1) is 6.92 Å². The second-order valence-electron chi connectivity index (χ2n) is 3.20. The van der Waals surface area contributed by atoms with Gasteiger partial charge in [-0.25, -0.2) is 0 Å². The summed E-state index contributed by atoms with van der Waals surface area (Å²) in [4.78, 5) is 3.23. The summed E-state index contributed by atoms with van der Waals surface area (Å²) in [5.74, 6) is 0.915.